The Bertz CT molecular complexity index is 155. The third-order valence-corrected chi connectivity index (χ3v) is 2.62. The van der Waals surface area contributed by atoms with E-state index in [1.807, 2.05) is 13.8 Å². The summed E-state index contributed by atoms with van der Waals surface area (Å²) in [7, 11) is 0. The Kier molecular flexibility index (Phi) is 9.91. The van der Waals surface area contributed by atoms with Gasteiger partial charge in [0.05, 0.1) is 0 Å². The van der Waals surface area contributed by atoms with Gasteiger partial charge in [-0.15, -0.1) is 0 Å². The van der Waals surface area contributed by atoms with Gasteiger partial charge >= 0.3 is 0 Å². The molecule has 0 spiro atoms. The summed E-state index contributed by atoms with van der Waals surface area (Å²) in [6.07, 6.45) is 7.37. The van der Waals surface area contributed by atoms with Gasteiger partial charge in [-0.05, 0) is 19.8 Å². The molecule has 0 N–H and O–H groups in total. The quantitative estimate of drug-likeness (QED) is 0.518. The molecule has 0 aromatic heterocycles. The molecule has 0 fully saturated rings. The van der Waals surface area contributed by atoms with E-state index in [0.717, 1.165) is 12.8 Å². The van der Waals surface area contributed by atoms with E-state index < -0.39 is 0 Å². The Hall–Kier alpha value is -0.370. The fourth-order valence-corrected chi connectivity index (χ4v) is 1.70. The maximum absolute atomic E-state index is 11.7. The molecule has 2 nitrogen and oxygen atoms in total. The smallest absolute Gasteiger partial charge is 0.161 e. The predicted octanol–water partition coefficient (Wildman–Crippen LogP) is 3.73. The number of carbonyl (C=O) groups is 1. The number of ketones is 1. The molecule has 0 saturated carbocycles. The minimum Gasteiger partial charge on any atom is -0.371 e. The van der Waals surface area contributed by atoms with Crippen LogP contribution in [0.15, 0.2) is 0 Å². The Morgan fingerprint density at radius 3 is 2.27 bits per heavy atom. The predicted molar refractivity (Wildman–Crippen MR) is 64.1 cm³/mol. The average Bonchev–Trinajstić information content (AvgIpc) is 2.25. The summed E-state index contributed by atoms with van der Waals surface area (Å²) < 4.78 is 5.38. The lowest BCUT2D eigenvalue weighted by atomic mass is 10.0. The first-order valence-electron chi connectivity index (χ1n) is 6.40. The molecule has 2 heteroatoms. The number of hydrogen-bond acceptors (Lipinski definition) is 2. The first kappa shape index (κ1) is 14.6. The van der Waals surface area contributed by atoms with Crippen molar-refractivity contribution in [2.45, 2.75) is 71.8 Å². The molecule has 15 heavy (non-hydrogen) atoms. The van der Waals surface area contributed by atoms with E-state index in [1.165, 1.54) is 25.7 Å². The van der Waals surface area contributed by atoms with Crippen molar-refractivity contribution in [3.05, 3.63) is 0 Å². The van der Waals surface area contributed by atoms with E-state index in [-0.39, 0.29) is 11.9 Å². The van der Waals surface area contributed by atoms with Crippen LogP contribution >= 0.6 is 0 Å². The summed E-state index contributed by atoms with van der Waals surface area (Å²) in [5.41, 5.74) is 0. The van der Waals surface area contributed by atoms with E-state index in [0.29, 0.717) is 13.0 Å². The molecule has 90 valence electrons. The Morgan fingerprint density at radius 2 is 1.73 bits per heavy atom. The van der Waals surface area contributed by atoms with Crippen LogP contribution in [0.5, 0.6) is 0 Å². The molecular weight excluding hydrogens is 188 g/mol. The number of carbonyl (C=O) groups excluding carboxylic acids is 1. The monoisotopic (exact) mass is 214 g/mol. The molecule has 0 heterocycles. The van der Waals surface area contributed by atoms with Gasteiger partial charge in [-0.25, -0.2) is 0 Å². The molecule has 0 aromatic rings. The van der Waals surface area contributed by atoms with E-state index >= 15 is 0 Å². The highest BCUT2D eigenvalue weighted by molar-refractivity contribution is 5.82. The van der Waals surface area contributed by atoms with Crippen LogP contribution in [-0.4, -0.2) is 18.5 Å². The van der Waals surface area contributed by atoms with Crippen LogP contribution in [0, 0.1) is 0 Å². The van der Waals surface area contributed by atoms with Crippen LogP contribution in [0.25, 0.3) is 0 Å². The van der Waals surface area contributed by atoms with Gasteiger partial charge in [0.25, 0.3) is 0 Å². The standard InChI is InChI=1S/C13H26O2/c1-4-7-8-9-10-11-12(14)13(5-2)15-6-3/h13H,4-11H2,1-3H3. The summed E-state index contributed by atoms with van der Waals surface area (Å²) in [5.74, 6) is 0.288. The second kappa shape index (κ2) is 10.2. The van der Waals surface area contributed by atoms with Crippen molar-refractivity contribution in [2.24, 2.45) is 0 Å². The molecule has 1 atom stereocenters. The lowest BCUT2D eigenvalue weighted by Crippen LogP contribution is -2.23. The van der Waals surface area contributed by atoms with Crippen LogP contribution in [0.1, 0.15) is 65.7 Å². The normalized spacial score (nSPS) is 12.7. The Balaban J connectivity index is 3.53. The Labute approximate surface area is 94.4 Å². The molecule has 0 aliphatic carbocycles. The summed E-state index contributed by atoms with van der Waals surface area (Å²) >= 11 is 0. The number of unbranched alkanes of at least 4 members (excludes halogenated alkanes) is 4. The maximum atomic E-state index is 11.7. The SMILES string of the molecule is CCCCCCCC(=O)C(CC)OCC. The molecule has 0 rings (SSSR count). The summed E-state index contributed by atoms with van der Waals surface area (Å²) in [6, 6.07) is 0. The van der Waals surface area contributed by atoms with Crippen molar-refractivity contribution in [1.82, 2.24) is 0 Å². The minimum absolute atomic E-state index is 0.152. The second-order valence-electron chi connectivity index (χ2n) is 3.98. The third-order valence-electron chi connectivity index (χ3n) is 2.62. The Morgan fingerprint density at radius 1 is 1.07 bits per heavy atom. The fourth-order valence-electron chi connectivity index (χ4n) is 1.70. The highest BCUT2D eigenvalue weighted by atomic mass is 16.5. The molecular formula is C13H26O2. The largest absolute Gasteiger partial charge is 0.371 e. The zero-order valence-corrected chi connectivity index (χ0v) is 10.6. The molecule has 1 unspecified atom stereocenters. The van der Waals surface area contributed by atoms with Gasteiger partial charge < -0.3 is 4.74 Å². The summed E-state index contributed by atoms with van der Waals surface area (Å²) in [6.45, 7) is 6.79. The van der Waals surface area contributed by atoms with Crippen molar-refractivity contribution < 1.29 is 9.53 Å². The average molecular weight is 214 g/mol. The van der Waals surface area contributed by atoms with Crippen molar-refractivity contribution >= 4 is 5.78 Å². The summed E-state index contributed by atoms with van der Waals surface area (Å²) in [5, 5.41) is 0. The lowest BCUT2D eigenvalue weighted by molar-refractivity contribution is -0.130. The van der Waals surface area contributed by atoms with Crippen LogP contribution in [0.3, 0.4) is 0 Å². The van der Waals surface area contributed by atoms with Gasteiger partial charge in [-0.3, -0.25) is 4.79 Å². The highest BCUT2D eigenvalue weighted by Gasteiger charge is 2.15. The zero-order chi connectivity index (χ0) is 11.5. The van der Waals surface area contributed by atoms with Gasteiger partial charge in [0, 0.05) is 13.0 Å². The van der Waals surface area contributed by atoms with Gasteiger partial charge in [0.2, 0.25) is 0 Å². The van der Waals surface area contributed by atoms with Crippen LogP contribution in [0.4, 0.5) is 0 Å². The highest BCUT2D eigenvalue weighted by Crippen LogP contribution is 2.09. The molecule has 0 bridgehead atoms. The van der Waals surface area contributed by atoms with E-state index in [4.69, 9.17) is 4.74 Å². The minimum atomic E-state index is -0.152. The molecule has 0 aromatic carbocycles. The van der Waals surface area contributed by atoms with Crippen molar-refractivity contribution in [3.63, 3.8) is 0 Å². The third kappa shape index (κ3) is 7.55. The molecule has 0 saturated heterocycles. The molecule has 0 amide bonds. The van der Waals surface area contributed by atoms with Gasteiger partial charge in [0.1, 0.15) is 6.10 Å². The summed E-state index contributed by atoms with van der Waals surface area (Å²) in [4.78, 5) is 11.7. The van der Waals surface area contributed by atoms with Crippen molar-refractivity contribution in [2.75, 3.05) is 6.61 Å². The second-order valence-corrected chi connectivity index (χ2v) is 3.98. The van der Waals surface area contributed by atoms with Gasteiger partial charge in [0.15, 0.2) is 5.78 Å². The molecule has 0 aliphatic heterocycles. The molecule has 0 radical (unpaired) electrons. The topological polar surface area (TPSA) is 26.3 Å². The molecule has 0 aliphatic rings. The maximum Gasteiger partial charge on any atom is 0.161 e. The van der Waals surface area contributed by atoms with Gasteiger partial charge in [-0.2, -0.15) is 0 Å². The number of hydrogen-bond donors (Lipinski definition) is 0. The van der Waals surface area contributed by atoms with Crippen molar-refractivity contribution in [3.8, 4) is 0 Å². The lowest BCUT2D eigenvalue weighted by Gasteiger charge is -2.13. The van der Waals surface area contributed by atoms with E-state index in [1.54, 1.807) is 0 Å². The van der Waals surface area contributed by atoms with Gasteiger partial charge in [-0.1, -0.05) is 39.5 Å². The fraction of sp³-hybridized carbons (Fsp3) is 0.923. The van der Waals surface area contributed by atoms with E-state index in [2.05, 4.69) is 6.92 Å². The zero-order valence-electron chi connectivity index (χ0n) is 10.6. The van der Waals surface area contributed by atoms with Crippen LogP contribution in [-0.2, 0) is 9.53 Å². The first-order chi connectivity index (χ1) is 7.26. The van der Waals surface area contributed by atoms with E-state index in [9.17, 15) is 4.79 Å². The van der Waals surface area contributed by atoms with Crippen LogP contribution in [0.2, 0.25) is 0 Å². The number of rotatable bonds is 10. The van der Waals surface area contributed by atoms with Crippen molar-refractivity contribution in [1.29, 1.82) is 0 Å². The first-order valence-corrected chi connectivity index (χ1v) is 6.40. The number of Topliss-reactive ketones (excluding diaryl/α,β-unsaturated/α-hetero) is 1. The van der Waals surface area contributed by atoms with Crippen LogP contribution < -0.4 is 0 Å². The number of ether oxygens (including phenoxy) is 1.